The van der Waals surface area contributed by atoms with E-state index in [0.29, 0.717) is 28.6 Å². The summed E-state index contributed by atoms with van der Waals surface area (Å²) in [6, 6.07) is 13.8. The molecule has 2 N–H and O–H groups in total. The van der Waals surface area contributed by atoms with Gasteiger partial charge in [0.15, 0.2) is 0 Å². The Bertz CT molecular complexity index is 766. The lowest BCUT2D eigenvalue weighted by Crippen LogP contribution is -2.45. The van der Waals surface area contributed by atoms with Crippen molar-refractivity contribution in [3.8, 4) is 0 Å². The number of rotatable bonds is 9. The third-order valence-electron chi connectivity index (χ3n) is 4.13. The van der Waals surface area contributed by atoms with Crippen LogP contribution in [0.15, 0.2) is 48.5 Å². The first-order valence-electron chi connectivity index (χ1n) is 9.08. The minimum absolute atomic E-state index is 0.123. The summed E-state index contributed by atoms with van der Waals surface area (Å²) in [6.07, 6.45) is 3.65. The van der Waals surface area contributed by atoms with Crippen molar-refractivity contribution in [2.75, 3.05) is 5.32 Å². The van der Waals surface area contributed by atoms with Gasteiger partial charge in [0, 0.05) is 17.9 Å². The van der Waals surface area contributed by atoms with E-state index >= 15 is 0 Å². The molecule has 0 bridgehead atoms. The standard InChI is InChI=1S/C21H24Cl2N2O2/c1-2-3-5-10-20(26)24-19(13-15-8-6-4-7-9-15)21(27)25-18-12-11-16(22)14-17(18)23/h4,6-9,11-12,14,19H,2-3,5,10,13H2,1H3,(H,24,26)(H,25,27). The van der Waals surface area contributed by atoms with E-state index < -0.39 is 6.04 Å². The molecule has 0 fully saturated rings. The fourth-order valence-electron chi connectivity index (χ4n) is 2.67. The van der Waals surface area contributed by atoms with Crippen LogP contribution in [0.25, 0.3) is 0 Å². The van der Waals surface area contributed by atoms with Crippen LogP contribution >= 0.6 is 23.2 Å². The molecule has 2 rings (SSSR count). The van der Waals surface area contributed by atoms with Gasteiger partial charge in [0.1, 0.15) is 6.04 Å². The number of carbonyl (C=O) groups excluding carboxylic acids is 2. The second-order valence-corrected chi connectivity index (χ2v) is 7.22. The Kier molecular flexibility index (Phi) is 8.62. The van der Waals surface area contributed by atoms with E-state index in [4.69, 9.17) is 23.2 Å². The molecule has 0 aliphatic carbocycles. The Labute approximate surface area is 170 Å². The van der Waals surface area contributed by atoms with Crippen LogP contribution < -0.4 is 10.6 Å². The molecular formula is C21H24Cl2N2O2. The summed E-state index contributed by atoms with van der Waals surface area (Å²) < 4.78 is 0. The van der Waals surface area contributed by atoms with Gasteiger partial charge < -0.3 is 10.6 Å². The molecule has 0 heterocycles. The summed E-state index contributed by atoms with van der Waals surface area (Å²) in [6.45, 7) is 2.08. The summed E-state index contributed by atoms with van der Waals surface area (Å²) >= 11 is 12.0. The van der Waals surface area contributed by atoms with Gasteiger partial charge in [-0.1, -0.05) is 73.3 Å². The molecule has 0 aliphatic rings. The highest BCUT2D eigenvalue weighted by Gasteiger charge is 2.22. The molecule has 144 valence electrons. The van der Waals surface area contributed by atoms with E-state index in [1.54, 1.807) is 18.2 Å². The molecule has 0 aliphatic heterocycles. The molecule has 0 spiro atoms. The van der Waals surface area contributed by atoms with E-state index in [9.17, 15) is 9.59 Å². The highest BCUT2D eigenvalue weighted by Crippen LogP contribution is 2.25. The largest absolute Gasteiger partial charge is 0.344 e. The van der Waals surface area contributed by atoms with Gasteiger partial charge in [-0.2, -0.15) is 0 Å². The average molecular weight is 407 g/mol. The molecule has 2 amide bonds. The van der Waals surface area contributed by atoms with Gasteiger partial charge in [-0.3, -0.25) is 9.59 Å². The number of nitrogens with one attached hydrogen (secondary N) is 2. The van der Waals surface area contributed by atoms with E-state index in [2.05, 4.69) is 17.6 Å². The molecule has 6 heteroatoms. The maximum atomic E-state index is 12.8. The summed E-state index contributed by atoms with van der Waals surface area (Å²) in [7, 11) is 0. The van der Waals surface area contributed by atoms with Crippen molar-refractivity contribution < 1.29 is 9.59 Å². The van der Waals surface area contributed by atoms with E-state index in [0.717, 1.165) is 24.8 Å². The number of anilines is 1. The van der Waals surface area contributed by atoms with Crippen LogP contribution in [0.4, 0.5) is 5.69 Å². The Morgan fingerprint density at radius 2 is 1.78 bits per heavy atom. The van der Waals surface area contributed by atoms with Crippen molar-refractivity contribution in [3.05, 3.63) is 64.1 Å². The third-order valence-corrected chi connectivity index (χ3v) is 4.68. The van der Waals surface area contributed by atoms with Crippen molar-refractivity contribution in [2.45, 2.75) is 45.1 Å². The number of benzene rings is 2. The van der Waals surface area contributed by atoms with Crippen molar-refractivity contribution in [2.24, 2.45) is 0 Å². The van der Waals surface area contributed by atoms with Crippen LogP contribution in [-0.4, -0.2) is 17.9 Å². The minimum Gasteiger partial charge on any atom is -0.344 e. The molecular weight excluding hydrogens is 383 g/mol. The van der Waals surface area contributed by atoms with Gasteiger partial charge in [-0.05, 0) is 30.2 Å². The quantitative estimate of drug-likeness (QED) is 0.559. The first-order valence-corrected chi connectivity index (χ1v) is 9.84. The van der Waals surface area contributed by atoms with Crippen molar-refractivity contribution in [3.63, 3.8) is 0 Å². The number of hydrogen-bond donors (Lipinski definition) is 2. The van der Waals surface area contributed by atoms with Gasteiger partial charge >= 0.3 is 0 Å². The van der Waals surface area contributed by atoms with Crippen LogP contribution in [0.5, 0.6) is 0 Å². The number of hydrogen-bond acceptors (Lipinski definition) is 2. The SMILES string of the molecule is CCCCCC(=O)NC(Cc1ccccc1)C(=O)Nc1ccc(Cl)cc1Cl. The molecule has 27 heavy (non-hydrogen) atoms. The lowest BCUT2D eigenvalue weighted by atomic mass is 10.0. The first-order chi connectivity index (χ1) is 13.0. The van der Waals surface area contributed by atoms with Crippen LogP contribution in [0, 0.1) is 0 Å². The fourth-order valence-corrected chi connectivity index (χ4v) is 3.13. The lowest BCUT2D eigenvalue weighted by molar-refractivity contribution is -0.126. The molecule has 0 saturated carbocycles. The smallest absolute Gasteiger partial charge is 0.247 e. The normalized spacial score (nSPS) is 11.7. The molecule has 2 aromatic carbocycles. The Morgan fingerprint density at radius 1 is 1.04 bits per heavy atom. The zero-order chi connectivity index (χ0) is 19.6. The van der Waals surface area contributed by atoms with Gasteiger partial charge in [-0.15, -0.1) is 0 Å². The van der Waals surface area contributed by atoms with Gasteiger partial charge in [0.2, 0.25) is 11.8 Å². The molecule has 0 aromatic heterocycles. The summed E-state index contributed by atoms with van der Waals surface area (Å²) in [5, 5.41) is 6.48. The number of unbranched alkanes of at least 4 members (excludes halogenated alkanes) is 2. The molecule has 4 nitrogen and oxygen atoms in total. The van der Waals surface area contributed by atoms with Crippen LogP contribution in [0.1, 0.15) is 38.2 Å². The highest BCUT2D eigenvalue weighted by atomic mass is 35.5. The monoisotopic (exact) mass is 406 g/mol. The van der Waals surface area contributed by atoms with Crippen LogP contribution in [0.2, 0.25) is 10.0 Å². The van der Waals surface area contributed by atoms with Crippen molar-refractivity contribution in [1.29, 1.82) is 0 Å². The Morgan fingerprint density at radius 3 is 2.44 bits per heavy atom. The maximum absolute atomic E-state index is 12.8. The third kappa shape index (κ3) is 7.24. The zero-order valence-electron chi connectivity index (χ0n) is 15.3. The fraction of sp³-hybridized carbons (Fsp3) is 0.333. The maximum Gasteiger partial charge on any atom is 0.247 e. The van der Waals surface area contributed by atoms with Gasteiger partial charge in [0.25, 0.3) is 0 Å². The lowest BCUT2D eigenvalue weighted by Gasteiger charge is -2.19. The first kappa shape index (κ1) is 21.3. The average Bonchev–Trinajstić information content (AvgIpc) is 2.64. The molecule has 1 unspecified atom stereocenters. The Balaban J connectivity index is 2.09. The van der Waals surface area contributed by atoms with Crippen molar-refractivity contribution in [1.82, 2.24) is 5.32 Å². The number of carbonyl (C=O) groups is 2. The molecule has 2 aromatic rings. The molecule has 0 saturated heterocycles. The second kappa shape index (κ2) is 11.0. The molecule has 1 atom stereocenters. The number of amides is 2. The number of halogens is 2. The van der Waals surface area contributed by atoms with E-state index in [1.807, 2.05) is 30.3 Å². The minimum atomic E-state index is -0.687. The van der Waals surface area contributed by atoms with E-state index in [-0.39, 0.29) is 11.8 Å². The summed E-state index contributed by atoms with van der Waals surface area (Å²) in [5.41, 5.74) is 1.43. The van der Waals surface area contributed by atoms with Crippen molar-refractivity contribution >= 4 is 40.7 Å². The van der Waals surface area contributed by atoms with Crippen LogP contribution in [0.3, 0.4) is 0 Å². The highest BCUT2D eigenvalue weighted by molar-refractivity contribution is 6.36. The van der Waals surface area contributed by atoms with Gasteiger partial charge in [0.05, 0.1) is 10.7 Å². The second-order valence-electron chi connectivity index (χ2n) is 6.38. The van der Waals surface area contributed by atoms with Gasteiger partial charge in [-0.25, -0.2) is 0 Å². The predicted octanol–water partition coefficient (Wildman–Crippen LogP) is 5.24. The van der Waals surface area contributed by atoms with E-state index in [1.165, 1.54) is 0 Å². The predicted molar refractivity (Wildman–Crippen MR) is 111 cm³/mol. The summed E-state index contributed by atoms with van der Waals surface area (Å²) in [5.74, 6) is -0.436. The topological polar surface area (TPSA) is 58.2 Å². The Hall–Kier alpha value is -2.04. The van der Waals surface area contributed by atoms with Crippen LogP contribution in [-0.2, 0) is 16.0 Å². The zero-order valence-corrected chi connectivity index (χ0v) is 16.8. The molecule has 0 radical (unpaired) electrons. The summed E-state index contributed by atoms with van der Waals surface area (Å²) in [4.78, 5) is 25.1.